The molecule has 0 bridgehead atoms. The monoisotopic (exact) mass is 253 g/mol. The smallest absolute Gasteiger partial charge is 0.233 e. The average Bonchev–Trinajstić information content (AvgIpc) is 2.74. The Morgan fingerprint density at radius 2 is 2.00 bits per heavy atom. The standard InChI is InChI=1S/C13H19NO4/c1-13(2)9-10(13)12(17)14(11(9)16)5-8(15)7-3-4-18-6-7/h7-10,15H,3-6H2,1-2H3. The molecule has 1 N–H and O–H groups in total. The summed E-state index contributed by atoms with van der Waals surface area (Å²) < 4.78 is 5.21. The number of nitrogens with zero attached hydrogens (tertiary/aromatic N) is 1. The highest BCUT2D eigenvalue weighted by atomic mass is 16.5. The molecular weight excluding hydrogens is 234 g/mol. The molecule has 0 aromatic rings. The molecule has 1 saturated carbocycles. The van der Waals surface area contributed by atoms with Crippen LogP contribution in [0.4, 0.5) is 0 Å². The number of rotatable bonds is 3. The quantitative estimate of drug-likeness (QED) is 0.720. The van der Waals surface area contributed by atoms with Crippen LogP contribution in [0.15, 0.2) is 0 Å². The minimum Gasteiger partial charge on any atom is -0.391 e. The van der Waals surface area contributed by atoms with Crippen LogP contribution in [0.1, 0.15) is 20.3 Å². The van der Waals surface area contributed by atoms with E-state index in [-0.39, 0.29) is 41.5 Å². The van der Waals surface area contributed by atoms with E-state index < -0.39 is 6.10 Å². The topological polar surface area (TPSA) is 66.8 Å². The van der Waals surface area contributed by atoms with Gasteiger partial charge in [0.1, 0.15) is 0 Å². The molecule has 4 unspecified atom stereocenters. The number of amides is 2. The number of aliphatic hydroxyl groups is 1. The van der Waals surface area contributed by atoms with Crippen molar-refractivity contribution in [3.8, 4) is 0 Å². The largest absolute Gasteiger partial charge is 0.391 e. The van der Waals surface area contributed by atoms with Crippen molar-refractivity contribution in [2.45, 2.75) is 26.4 Å². The van der Waals surface area contributed by atoms with Crippen molar-refractivity contribution in [2.24, 2.45) is 23.2 Å². The fraction of sp³-hybridized carbons (Fsp3) is 0.846. The molecule has 18 heavy (non-hydrogen) atoms. The predicted molar refractivity (Wildman–Crippen MR) is 62.4 cm³/mol. The first-order valence-corrected chi connectivity index (χ1v) is 6.55. The third kappa shape index (κ3) is 1.53. The number of carbonyl (C=O) groups is 2. The Bertz CT molecular complexity index is 376. The second-order valence-corrected chi connectivity index (χ2v) is 6.25. The Kier molecular flexibility index (Phi) is 2.54. The zero-order chi connectivity index (χ0) is 13.1. The summed E-state index contributed by atoms with van der Waals surface area (Å²) in [5.74, 6) is -0.467. The molecule has 5 nitrogen and oxygen atoms in total. The van der Waals surface area contributed by atoms with Crippen LogP contribution in [0.25, 0.3) is 0 Å². The van der Waals surface area contributed by atoms with Gasteiger partial charge in [-0.1, -0.05) is 13.8 Å². The Morgan fingerprint density at radius 3 is 2.50 bits per heavy atom. The summed E-state index contributed by atoms with van der Waals surface area (Å²) in [6, 6.07) is 0. The molecule has 3 aliphatic rings. The van der Waals surface area contributed by atoms with E-state index in [4.69, 9.17) is 4.74 Å². The molecule has 2 heterocycles. The van der Waals surface area contributed by atoms with Crippen molar-refractivity contribution in [2.75, 3.05) is 19.8 Å². The highest BCUT2D eigenvalue weighted by Crippen LogP contribution is 2.63. The van der Waals surface area contributed by atoms with Gasteiger partial charge >= 0.3 is 0 Å². The molecule has 2 amide bonds. The van der Waals surface area contributed by atoms with Gasteiger partial charge in [0.25, 0.3) is 0 Å². The predicted octanol–water partition coefficient (Wildman–Crippen LogP) is 0.0248. The lowest BCUT2D eigenvalue weighted by molar-refractivity contribution is -0.145. The molecule has 100 valence electrons. The van der Waals surface area contributed by atoms with Gasteiger partial charge in [-0.25, -0.2) is 0 Å². The van der Waals surface area contributed by atoms with E-state index in [1.165, 1.54) is 4.90 Å². The highest BCUT2D eigenvalue weighted by Gasteiger charge is 2.72. The van der Waals surface area contributed by atoms with Gasteiger partial charge in [-0.05, 0) is 11.8 Å². The number of fused-ring (bicyclic) bond motifs is 1. The number of piperidine rings is 1. The van der Waals surface area contributed by atoms with Gasteiger partial charge in [0, 0.05) is 12.5 Å². The van der Waals surface area contributed by atoms with Crippen LogP contribution in [0.5, 0.6) is 0 Å². The molecule has 0 radical (unpaired) electrons. The van der Waals surface area contributed by atoms with Gasteiger partial charge in [0.05, 0.1) is 31.1 Å². The Balaban J connectivity index is 1.65. The summed E-state index contributed by atoms with van der Waals surface area (Å²) in [4.78, 5) is 25.4. The van der Waals surface area contributed by atoms with Gasteiger partial charge in [0.15, 0.2) is 0 Å². The van der Waals surface area contributed by atoms with Crippen molar-refractivity contribution in [3.05, 3.63) is 0 Å². The Labute approximate surface area is 106 Å². The second-order valence-electron chi connectivity index (χ2n) is 6.25. The average molecular weight is 253 g/mol. The first-order chi connectivity index (χ1) is 8.44. The Morgan fingerprint density at radius 1 is 1.39 bits per heavy atom. The van der Waals surface area contributed by atoms with E-state index in [9.17, 15) is 14.7 Å². The van der Waals surface area contributed by atoms with Crippen LogP contribution in [-0.4, -0.2) is 47.7 Å². The van der Waals surface area contributed by atoms with Crippen LogP contribution in [0.3, 0.4) is 0 Å². The number of aliphatic hydroxyl groups excluding tert-OH is 1. The van der Waals surface area contributed by atoms with Crippen LogP contribution in [-0.2, 0) is 14.3 Å². The SMILES string of the molecule is CC1(C)C2C(=O)N(CC(O)C3CCOC3)C(=O)C21. The lowest BCUT2D eigenvalue weighted by Gasteiger charge is -2.25. The summed E-state index contributed by atoms with van der Waals surface area (Å²) in [7, 11) is 0. The lowest BCUT2D eigenvalue weighted by Crippen LogP contribution is -2.43. The third-order valence-corrected chi connectivity index (χ3v) is 4.77. The second kappa shape index (κ2) is 3.78. The molecule has 3 fully saturated rings. The first-order valence-electron chi connectivity index (χ1n) is 6.55. The molecule has 0 aromatic heterocycles. The maximum atomic E-state index is 12.1. The maximum Gasteiger partial charge on any atom is 0.233 e. The van der Waals surface area contributed by atoms with Crippen LogP contribution >= 0.6 is 0 Å². The lowest BCUT2D eigenvalue weighted by atomic mass is 10.0. The van der Waals surface area contributed by atoms with E-state index >= 15 is 0 Å². The fourth-order valence-corrected chi connectivity index (χ4v) is 3.38. The number of carbonyl (C=O) groups excluding carboxylic acids is 2. The van der Waals surface area contributed by atoms with Crippen molar-refractivity contribution in [3.63, 3.8) is 0 Å². The van der Waals surface area contributed by atoms with Gasteiger partial charge in [-0.3, -0.25) is 14.5 Å². The van der Waals surface area contributed by atoms with Gasteiger partial charge in [-0.15, -0.1) is 0 Å². The van der Waals surface area contributed by atoms with Crippen LogP contribution in [0.2, 0.25) is 0 Å². The van der Waals surface area contributed by atoms with Crippen molar-refractivity contribution in [1.82, 2.24) is 4.90 Å². The molecule has 2 aliphatic heterocycles. The zero-order valence-corrected chi connectivity index (χ0v) is 10.8. The summed E-state index contributed by atoms with van der Waals surface area (Å²) in [5, 5.41) is 10.0. The van der Waals surface area contributed by atoms with Crippen LogP contribution in [0, 0.1) is 23.2 Å². The highest BCUT2D eigenvalue weighted by molar-refractivity contribution is 6.10. The fourth-order valence-electron chi connectivity index (χ4n) is 3.38. The van der Waals surface area contributed by atoms with E-state index in [2.05, 4.69) is 0 Å². The van der Waals surface area contributed by atoms with E-state index in [1.54, 1.807) is 0 Å². The van der Waals surface area contributed by atoms with E-state index in [0.717, 1.165) is 6.42 Å². The molecule has 1 aliphatic carbocycles. The number of likely N-dealkylation sites (tertiary alicyclic amines) is 1. The minimum absolute atomic E-state index is 0.0514. The zero-order valence-electron chi connectivity index (χ0n) is 10.8. The first kappa shape index (κ1) is 12.1. The summed E-state index contributed by atoms with van der Waals surface area (Å²) in [6.45, 7) is 5.22. The van der Waals surface area contributed by atoms with E-state index in [0.29, 0.717) is 13.2 Å². The number of hydrogen-bond acceptors (Lipinski definition) is 4. The molecule has 0 spiro atoms. The molecule has 5 heteroatoms. The Hall–Kier alpha value is -0.940. The normalized spacial score (nSPS) is 39.1. The van der Waals surface area contributed by atoms with Crippen LogP contribution < -0.4 is 0 Å². The van der Waals surface area contributed by atoms with Gasteiger partial charge in [0.2, 0.25) is 11.8 Å². The molecule has 0 aromatic carbocycles. The molecule has 2 saturated heterocycles. The van der Waals surface area contributed by atoms with Gasteiger partial charge < -0.3 is 9.84 Å². The summed E-state index contributed by atoms with van der Waals surface area (Å²) >= 11 is 0. The summed E-state index contributed by atoms with van der Waals surface area (Å²) in [6.07, 6.45) is 0.149. The number of β-amino-alcohol motifs (C(OH)–C–C–N with tert-alkyl or cyclic N) is 1. The number of ether oxygens (including phenoxy) is 1. The third-order valence-electron chi connectivity index (χ3n) is 4.77. The molecule has 3 rings (SSSR count). The van der Waals surface area contributed by atoms with E-state index in [1.807, 2.05) is 13.8 Å². The van der Waals surface area contributed by atoms with Gasteiger partial charge in [-0.2, -0.15) is 0 Å². The van der Waals surface area contributed by atoms with Crippen molar-refractivity contribution >= 4 is 11.8 Å². The van der Waals surface area contributed by atoms with Crippen molar-refractivity contribution in [1.29, 1.82) is 0 Å². The van der Waals surface area contributed by atoms with Crippen molar-refractivity contribution < 1.29 is 19.4 Å². The number of imide groups is 1. The number of hydrogen-bond donors (Lipinski definition) is 1. The molecule has 4 atom stereocenters. The minimum atomic E-state index is -0.652. The summed E-state index contributed by atoms with van der Waals surface area (Å²) in [5.41, 5.74) is -0.175. The molecular formula is C13H19NO4. The maximum absolute atomic E-state index is 12.1.